The lowest BCUT2D eigenvalue weighted by atomic mass is 9.77. The van der Waals surface area contributed by atoms with Gasteiger partial charge in [-0.1, -0.05) is 43.5 Å². The quantitative estimate of drug-likeness (QED) is 0.890. The van der Waals surface area contributed by atoms with Gasteiger partial charge in [0.25, 0.3) is 0 Å². The largest absolute Gasteiger partial charge is 0.385 e. The molecule has 1 aromatic carbocycles. The van der Waals surface area contributed by atoms with Gasteiger partial charge >= 0.3 is 0 Å². The zero-order valence-corrected chi connectivity index (χ0v) is 11.5. The van der Waals surface area contributed by atoms with Gasteiger partial charge in [-0.05, 0) is 25.3 Å². The third-order valence-corrected chi connectivity index (χ3v) is 4.44. The summed E-state index contributed by atoms with van der Waals surface area (Å²) >= 11 is 0. The van der Waals surface area contributed by atoms with Crippen LogP contribution in [0.25, 0.3) is 0 Å². The van der Waals surface area contributed by atoms with Gasteiger partial charge in [-0.3, -0.25) is 0 Å². The lowest BCUT2D eigenvalue weighted by molar-refractivity contribution is -0.152. The van der Waals surface area contributed by atoms with Crippen LogP contribution in [0.3, 0.4) is 0 Å². The molecular weight excluding hydrogens is 240 g/mol. The van der Waals surface area contributed by atoms with E-state index in [1.165, 1.54) is 6.42 Å². The molecule has 3 rings (SSSR count). The maximum Gasteiger partial charge on any atom is 0.192 e. The molecule has 0 amide bonds. The van der Waals surface area contributed by atoms with E-state index in [4.69, 9.17) is 9.47 Å². The molecule has 0 spiro atoms. The normalized spacial score (nSPS) is 25.4. The first kappa shape index (κ1) is 13.1. The first-order chi connectivity index (χ1) is 9.14. The van der Waals surface area contributed by atoms with Gasteiger partial charge in [0.15, 0.2) is 5.79 Å². The van der Waals surface area contributed by atoms with Crippen molar-refractivity contribution in [2.75, 3.05) is 13.2 Å². The molecule has 3 heteroatoms. The Morgan fingerprint density at radius 3 is 2.16 bits per heavy atom. The van der Waals surface area contributed by atoms with E-state index in [-0.39, 0.29) is 0 Å². The highest BCUT2D eigenvalue weighted by atomic mass is 16.7. The van der Waals surface area contributed by atoms with E-state index in [1.54, 1.807) is 0 Å². The maximum atomic E-state index is 11.0. The minimum absolute atomic E-state index is 0.614. The molecule has 19 heavy (non-hydrogen) atoms. The SMILES string of the molecule is CC1(c2ccccc2C2(O)CCCCC2)OCCO1. The molecule has 0 aromatic heterocycles. The van der Waals surface area contributed by atoms with Crippen LogP contribution in [0.1, 0.15) is 50.2 Å². The van der Waals surface area contributed by atoms with Gasteiger partial charge in [0, 0.05) is 5.56 Å². The highest BCUT2D eigenvalue weighted by Crippen LogP contribution is 2.43. The lowest BCUT2D eigenvalue weighted by Crippen LogP contribution is -2.34. The Bertz CT molecular complexity index is 443. The van der Waals surface area contributed by atoms with E-state index < -0.39 is 11.4 Å². The number of ether oxygens (including phenoxy) is 2. The summed E-state index contributed by atoms with van der Waals surface area (Å²) in [6.45, 7) is 3.18. The number of benzene rings is 1. The summed E-state index contributed by atoms with van der Waals surface area (Å²) in [4.78, 5) is 0. The zero-order valence-electron chi connectivity index (χ0n) is 11.5. The molecular formula is C16H22O3. The Balaban J connectivity index is 2.01. The summed E-state index contributed by atoms with van der Waals surface area (Å²) < 4.78 is 11.5. The highest BCUT2D eigenvalue weighted by Gasteiger charge is 2.41. The topological polar surface area (TPSA) is 38.7 Å². The number of aliphatic hydroxyl groups is 1. The van der Waals surface area contributed by atoms with Crippen LogP contribution in [-0.4, -0.2) is 18.3 Å². The second kappa shape index (κ2) is 4.89. The molecule has 3 nitrogen and oxygen atoms in total. The maximum absolute atomic E-state index is 11.0. The van der Waals surface area contributed by atoms with Gasteiger partial charge in [-0.15, -0.1) is 0 Å². The fourth-order valence-corrected chi connectivity index (χ4v) is 3.36. The third kappa shape index (κ3) is 2.31. The molecule has 0 unspecified atom stereocenters. The highest BCUT2D eigenvalue weighted by molar-refractivity contribution is 5.36. The van der Waals surface area contributed by atoms with Crippen molar-refractivity contribution in [2.24, 2.45) is 0 Å². The van der Waals surface area contributed by atoms with E-state index in [9.17, 15) is 5.11 Å². The van der Waals surface area contributed by atoms with Gasteiger partial charge in [-0.25, -0.2) is 0 Å². The molecule has 1 saturated heterocycles. The standard InChI is InChI=1S/C16H22O3/c1-15(18-11-12-19-15)13-7-3-4-8-14(13)16(17)9-5-2-6-10-16/h3-4,7-8,17H,2,5-6,9-12H2,1H3. The van der Waals surface area contributed by atoms with Crippen LogP contribution < -0.4 is 0 Å². The fourth-order valence-electron chi connectivity index (χ4n) is 3.36. The van der Waals surface area contributed by atoms with E-state index in [1.807, 2.05) is 31.2 Å². The summed E-state index contributed by atoms with van der Waals surface area (Å²) in [5.74, 6) is -0.705. The molecule has 104 valence electrons. The molecule has 1 heterocycles. The van der Waals surface area contributed by atoms with Gasteiger partial charge in [0.1, 0.15) is 0 Å². The van der Waals surface area contributed by atoms with E-state index in [0.717, 1.165) is 36.8 Å². The summed E-state index contributed by atoms with van der Waals surface area (Å²) in [5, 5.41) is 11.0. The smallest absolute Gasteiger partial charge is 0.192 e. The van der Waals surface area contributed by atoms with Crippen molar-refractivity contribution in [2.45, 2.75) is 50.4 Å². The van der Waals surface area contributed by atoms with Crippen LogP contribution in [0.15, 0.2) is 24.3 Å². The Morgan fingerprint density at radius 2 is 1.53 bits per heavy atom. The molecule has 1 aromatic rings. The number of hydrogen-bond acceptors (Lipinski definition) is 3. The summed E-state index contributed by atoms with van der Waals surface area (Å²) in [6, 6.07) is 8.02. The van der Waals surface area contributed by atoms with Crippen LogP contribution in [0.4, 0.5) is 0 Å². The van der Waals surface area contributed by atoms with E-state index in [0.29, 0.717) is 13.2 Å². The Morgan fingerprint density at radius 1 is 0.947 bits per heavy atom. The first-order valence-corrected chi connectivity index (χ1v) is 7.24. The van der Waals surface area contributed by atoms with Crippen molar-refractivity contribution in [3.63, 3.8) is 0 Å². The molecule has 2 aliphatic rings. The summed E-state index contributed by atoms with van der Waals surface area (Å²) in [6.07, 6.45) is 5.06. The van der Waals surface area contributed by atoms with Crippen LogP contribution in [0.5, 0.6) is 0 Å². The molecule has 1 aliphatic heterocycles. The van der Waals surface area contributed by atoms with Gasteiger partial charge < -0.3 is 14.6 Å². The van der Waals surface area contributed by atoms with Crippen molar-refractivity contribution in [1.82, 2.24) is 0 Å². The predicted octanol–water partition coefficient (Wildman–Crippen LogP) is 3.06. The van der Waals surface area contributed by atoms with Crippen molar-refractivity contribution < 1.29 is 14.6 Å². The molecule has 0 radical (unpaired) electrons. The summed E-state index contributed by atoms with van der Waals surface area (Å²) in [7, 11) is 0. The average Bonchev–Trinajstić information content (AvgIpc) is 2.88. The van der Waals surface area contributed by atoms with Crippen molar-refractivity contribution in [3.8, 4) is 0 Å². The first-order valence-electron chi connectivity index (χ1n) is 7.24. The van der Waals surface area contributed by atoms with Crippen molar-refractivity contribution >= 4 is 0 Å². The van der Waals surface area contributed by atoms with Crippen LogP contribution in [-0.2, 0) is 20.9 Å². The second-order valence-electron chi connectivity index (χ2n) is 5.78. The summed E-state index contributed by atoms with van der Waals surface area (Å²) in [5.41, 5.74) is 1.25. The average molecular weight is 262 g/mol. The van der Waals surface area contributed by atoms with Crippen LogP contribution in [0.2, 0.25) is 0 Å². The second-order valence-corrected chi connectivity index (χ2v) is 5.78. The zero-order chi connectivity index (χ0) is 13.3. The third-order valence-electron chi connectivity index (χ3n) is 4.44. The molecule has 1 N–H and O–H groups in total. The minimum atomic E-state index is -0.715. The Labute approximate surface area is 114 Å². The van der Waals surface area contributed by atoms with E-state index >= 15 is 0 Å². The van der Waals surface area contributed by atoms with Crippen molar-refractivity contribution in [3.05, 3.63) is 35.4 Å². The molecule has 0 bridgehead atoms. The van der Waals surface area contributed by atoms with Gasteiger partial charge in [-0.2, -0.15) is 0 Å². The molecule has 1 saturated carbocycles. The Kier molecular flexibility index (Phi) is 3.37. The number of hydrogen-bond donors (Lipinski definition) is 1. The van der Waals surface area contributed by atoms with Crippen LogP contribution in [0, 0.1) is 0 Å². The lowest BCUT2D eigenvalue weighted by Gasteiger charge is -2.37. The van der Waals surface area contributed by atoms with Gasteiger partial charge in [0.2, 0.25) is 0 Å². The molecule has 1 aliphatic carbocycles. The minimum Gasteiger partial charge on any atom is -0.385 e. The van der Waals surface area contributed by atoms with Gasteiger partial charge in [0.05, 0.1) is 18.8 Å². The van der Waals surface area contributed by atoms with E-state index in [2.05, 4.69) is 0 Å². The van der Waals surface area contributed by atoms with Crippen molar-refractivity contribution in [1.29, 1.82) is 0 Å². The number of rotatable bonds is 2. The Hall–Kier alpha value is -0.900. The fraction of sp³-hybridized carbons (Fsp3) is 0.625. The van der Waals surface area contributed by atoms with Crippen LogP contribution >= 0.6 is 0 Å². The molecule has 2 fully saturated rings. The predicted molar refractivity (Wildman–Crippen MR) is 72.7 cm³/mol. The monoisotopic (exact) mass is 262 g/mol. The molecule has 0 atom stereocenters.